The van der Waals surface area contributed by atoms with E-state index in [0.717, 1.165) is 5.69 Å². The van der Waals surface area contributed by atoms with Gasteiger partial charge in [-0.25, -0.2) is 9.97 Å². The molecule has 0 saturated carbocycles. The lowest BCUT2D eigenvalue weighted by atomic mass is 9.97. The van der Waals surface area contributed by atoms with Gasteiger partial charge in [0, 0.05) is 18.8 Å². The van der Waals surface area contributed by atoms with Crippen molar-refractivity contribution in [3.8, 4) is 0 Å². The minimum Gasteiger partial charge on any atom is -0.469 e. The highest BCUT2D eigenvalue weighted by atomic mass is 16.6. The van der Waals surface area contributed by atoms with Crippen LogP contribution in [0.5, 0.6) is 0 Å². The molecule has 0 atom stereocenters. The molecule has 0 amide bonds. The molecule has 0 unspecified atom stereocenters. The molecule has 174 valence electrons. The standard InChI is InChI=1S/C23H23N7O4/c1-34-23(31)16-11-13-29(14-12-16)22-20(30(32)33)21(24-15-25-22)26-17-7-9-19(10-8-17)28-27-18-5-3-2-4-6-18/h2-10,15-16H,11-14H2,1H3,(H,24,25,26). The van der Waals surface area contributed by atoms with Crippen LogP contribution < -0.4 is 10.2 Å². The number of hydrogen-bond donors (Lipinski definition) is 1. The van der Waals surface area contributed by atoms with Crippen molar-refractivity contribution in [3.05, 3.63) is 71.0 Å². The Hall–Kier alpha value is -4.41. The lowest BCUT2D eigenvalue weighted by molar-refractivity contribution is -0.383. The van der Waals surface area contributed by atoms with Crippen LogP contribution in [0.1, 0.15) is 12.8 Å². The fourth-order valence-corrected chi connectivity index (χ4v) is 3.71. The molecular weight excluding hydrogens is 438 g/mol. The largest absolute Gasteiger partial charge is 0.469 e. The molecule has 0 aliphatic carbocycles. The summed E-state index contributed by atoms with van der Waals surface area (Å²) in [7, 11) is 1.36. The Morgan fingerprint density at radius 2 is 1.71 bits per heavy atom. The zero-order valence-electron chi connectivity index (χ0n) is 18.5. The number of aromatic nitrogens is 2. The first kappa shape index (κ1) is 22.8. The fraction of sp³-hybridized carbons (Fsp3) is 0.261. The molecule has 0 spiro atoms. The number of rotatable bonds is 7. The van der Waals surface area contributed by atoms with E-state index < -0.39 is 4.92 Å². The van der Waals surface area contributed by atoms with Gasteiger partial charge in [0.25, 0.3) is 0 Å². The maximum absolute atomic E-state index is 11.9. The van der Waals surface area contributed by atoms with Crippen molar-refractivity contribution in [2.24, 2.45) is 16.1 Å². The van der Waals surface area contributed by atoms with Crippen molar-refractivity contribution in [3.63, 3.8) is 0 Å². The van der Waals surface area contributed by atoms with E-state index in [4.69, 9.17) is 4.74 Å². The first-order valence-corrected chi connectivity index (χ1v) is 10.7. The quantitative estimate of drug-likeness (QED) is 0.226. The zero-order valence-corrected chi connectivity index (χ0v) is 18.5. The van der Waals surface area contributed by atoms with Crippen LogP contribution in [0.3, 0.4) is 0 Å². The number of piperidine rings is 1. The molecule has 3 aromatic rings. The third-order valence-corrected chi connectivity index (χ3v) is 5.48. The molecule has 2 aromatic carbocycles. The van der Waals surface area contributed by atoms with Crippen LogP contribution in [0.2, 0.25) is 0 Å². The highest BCUT2D eigenvalue weighted by Gasteiger charge is 2.32. The Labute approximate surface area is 195 Å². The fourth-order valence-electron chi connectivity index (χ4n) is 3.71. The minimum atomic E-state index is -0.494. The van der Waals surface area contributed by atoms with Gasteiger partial charge in [-0.3, -0.25) is 14.9 Å². The first-order valence-electron chi connectivity index (χ1n) is 10.7. The number of carbonyl (C=O) groups is 1. The second-order valence-corrected chi connectivity index (χ2v) is 7.64. The summed E-state index contributed by atoms with van der Waals surface area (Å²) in [6.07, 6.45) is 2.37. The summed E-state index contributed by atoms with van der Waals surface area (Å²) in [4.78, 5) is 33.3. The number of hydrogen-bond acceptors (Lipinski definition) is 10. The highest BCUT2D eigenvalue weighted by Crippen LogP contribution is 2.35. The summed E-state index contributed by atoms with van der Waals surface area (Å²) in [5.41, 5.74) is 1.77. The summed E-state index contributed by atoms with van der Waals surface area (Å²) in [6.45, 7) is 0.913. The zero-order chi connectivity index (χ0) is 23.9. The smallest absolute Gasteiger partial charge is 0.353 e. The predicted octanol–water partition coefficient (Wildman–Crippen LogP) is 4.93. The Kier molecular flexibility index (Phi) is 7.01. The first-order chi connectivity index (χ1) is 16.5. The van der Waals surface area contributed by atoms with Gasteiger partial charge in [0.2, 0.25) is 11.6 Å². The van der Waals surface area contributed by atoms with Crippen LogP contribution in [0.4, 0.5) is 34.4 Å². The lowest BCUT2D eigenvalue weighted by Crippen LogP contribution is -2.37. The van der Waals surface area contributed by atoms with Gasteiger partial charge in [-0.05, 0) is 49.2 Å². The minimum absolute atomic E-state index is 0.0868. The van der Waals surface area contributed by atoms with Gasteiger partial charge in [-0.1, -0.05) is 18.2 Å². The molecule has 1 aliphatic rings. The normalized spacial score (nSPS) is 14.2. The van der Waals surface area contributed by atoms with Crippen molar-refractivity contribution in [2.75, 3.05) is 30.4 Å². The topological polar surface area (TPSA) is 135 Å². The van der Waals surface area contributed by atoms with E-state index >= 15 is 0 Å². The van der Waals surface area contributed by atoms with Crippen molar-refractivity contribution < 1.29 is 14.5 Å². The van der Waals surface area contributed by atoms with Crippen LogP contribution in [0, 0.1) is 16.0 Å². The average Bonchev–Trinajstić information content (AvgIpc) is 2.88. The van der Waals surface area contributed by atoms with E-state index in [1.807, 2.05) is 30.3 Å². The number of methoxy groups -OCH3 is 1. The van der Waals surface area contributed by atoms with Crippen molar-refractivity contribution in [1.82, 2.24) is 9.97 Å². The number of azo groups is 1. The number of anilines is 3. The molecule has 34 heavy (non-hydrogen) atoms. The summed E-state index contributed by atoms with van der Waals surface area (Å²) in [6, 6.07) is 16.4. The lowest BCUT2D eigenvalue weighted by Gasteiger charge is -2.31. The Balaban J connectivity index is 1.50. The van der Waals surface area contributed by atoms with Gasteiger partial charge in [0.15, 0.2) is 0 Å². The predicted molar refractivity (Wildman–Crippen MR) is 126 cm³/mol. The van der Waals surface area contributed by atoms with Gasteiger partial charge in [0.05, 0.1) is 29.3 Å². The Morgan fingerprint density at radius 1 is 1.06 bits per heavy atom. The van der Waals surface area contributed by atoms with Crippen molar-refractivity contribution in [2.45, 2.75) is 12.8 Å². The Bertz CT molecular complexity index is 1180. The van der Waals surface area contributed by atoms with E-state index in [0.29, 0.717) is 37.3 Å². The molecule has 0 radical (unpaired) electrons. The van der Waals surface area contributed by atoms with Crippen LogP contribution >= 0.6 is 0 Å². The molecule has 0 bridgehead atoms. The molecule has 1 saturated heterocycles. The molecule has 11 nitrogen and oxygen atoms in total. The van der Waals surface area contributed by atoms with Crippen LogP contribution in [-0.4, -0.2) is 41.1 Å². The van der Waals surface area contributed by atoms with Gasteiger partial charge >= 0.3 is 11.7 Å². The summed E-state index contributed by atoms with van der Waals surface area (Å²) in [5.74, 6) is -0.161. The van der Waals surface area contributed by atoms with E-state index in [1.165, 1.54) is 13.4 Å². The average molecular weight is 461 g/mol. The van der Waals surface area contributed by atoms with Gasteiger partial charge in [-0.2, -0.15) is 10.2 Å². The number of nitrogens with one attached hydrogen (secondary N) is 1. The molecule has 1 N–H and O–H groups in total. The number of ether oxygens (including phenoxy) is 1. The van der Waals surface area contributed by atoms with E-state index in [1.54, 1.807) is 29.2 Å². The van der Waals surface area contributed by atoms with E-state index in [-0.39, 0.29) is 29.2 Å². The summed E-state index contributed by atoms with van der Waals surface area (Å²) in [5, 5.41) is 23.3. The van der Waals surface area contributed by atoms with Gasteiger partial charge < -0.3 is 15.0 Å². The number of nitro groups is 1. The monoisotopic (exact) mass is 461 g/mol. The third kappa shape index (κ3) is 5.31. The molecule has 4 rings (SSSR count). The third-order valence-electron chi connectivity index (χ3n) is 5.48. The summed E-state index contributed by atoms with van der Waals surface area (Å²) < 4.78 is 4.81. The van der Waals surface area contributed by atoms with Crippen molar-refractivity contribution >= 4 is 40.4 Å². The maximum atomic E-state index is 11.9. The summed E-state index contributed by atoms with van der Waals surface area (Å²) >= 11 is 0. The van der Waals surface area contributed by atoms with Crippen LogP contribution in [0.25, 0.3) is 0 Å². The van der Waals surface area contributed by atoms with E-state index in [9.17, 15) is 14.9 Å². The molecule has 11 heteroatoms. The van der Waals surface area contributed by atoms with Gasteiger partial charge in [0.1, 0.15) is 6.33 Å². The second-order valence-electron chi connectivity index (χ2n) is 7.64. The highest BCUT2D eigenvalue weighted by molar-refractivity contribution is 5.76. The Morgan fingerprint density at radius 3 is 2.32 bits per heavy atom. The number of nitrogens with zero attached hydrogens (tertiary/aromatic N) is 6. The van der Waals surface area contributed by atoms with E-state index in [2.05, 4.69) is 25.5 Å². The van der Waals surface area contributed by atoms with Crippen molar-refractivity contribution in [1.29, 1.82) is 0 Å². The molecule has 1 aliphatic heterocycles. The molecule has 1 fully saturated rings. The maximum Gasteiger partial charge on any atom is 0.353 e. The number of esters is 1. The second kappa shape index (κ2) is 10.5. The molecule has 2 heterocycles. The number of benzene rings is 2. The molecule has 1 aromatic heterocycles. The van der Waals surface area contributed by atoms with Crippen LogP contribution in [0.15, 0.2) is 71.2 Å². The molecular formula is C23H23N7O4. The number of carbonyl (C=O) groups excluding carboxylic acids is 1. The van der Waals surface area contributed by atoms with Gasteiger partial charge in [-0.15, -0.1) is 0 Å². The van der Waals surface area contributed by atoms with Crippen LogP contribution in [-0.2, 0) is 9.53 Å². The SMILES string of the molecule is COC(=O)C1CCN(c2ncnc(Nc3ccc(N=Nc4ccccc4)cc3)c2[N+](=O)[O-])CC1.